The van der Waals surface area contributed by atoms with E-state index in [0.717, 1.165) is 0 Å². The van der Waals surface area contributed by atoms with E-state index in [1.165, 1.54) is 12.1 Å². The van der Waals surface area contributed by atoms with Gasteiger partial charge in [0.1, 0.15) is 4.90 Å². The molecule has 20 heavy (non-hydrogen) atoms. The van der Waals surface area contributed by atoms with E-state index >= 15 is 0 Å². The van der Waals surface area contributed by atoms with Crippen LogP contribution in [0.4, 0.5) is 0 Å². The van der Waals surface area contributed by atoms with Gasteiger partial charge in [0.25, 0.3) is 0 Å². The van der Waals surface area contributed by atoms with Crippen LogP contribution in [0.2, 0.25) is 0 Å². The van der Waals surface area contributed by atoms with Crippen LogP contribution in [0.3, 0.4) is 0 Å². The molecular weight excluding hydrogens is 274 g/mol. The van der Waals surface area contributed by atoms with Crippen LogP contribution in [-0.4, -0.2) is 13.4 Å². The fraction of sp³-hybridized carbons (Fsp3) is 0. The summed E-state index contributed by atoms with van der Waals surface area (Å²) in [6.07, 6.45) is 1.65. The van der Waals surface area contributed by atoms with Gasteiger partial charge in [-0.25, -0.2) is 0 Å². The van der Waals surface area contributed by atoms with Gasteiger partial charge in [-0.2, -0.15) is 8.42 Å². The lowest BCUT2D eigenvalue weighted by molar-refractivity contribution is 0.488. The molecule has 5 heteroatoms. The highest BCUT2D eigenvalue weighted by Gasteiger charge is 2.17. The van der Waals surface area contributed by atoms with Gasteiger partial charge in [-0.15, -0.1) is 0 Å². The highest BCUT2D eigenvalue weighted by Crippen LogP contribution is 2.26. The van der Waals surface area contributed by atoms with Crippen LogP contribution in [-0.2, 0) is 10.1 Å². The Bertz CT molecular complexity index is 840. The number of aromatic nitrogens is 1. The van der Waals surface area contributed by atoms with Gasteiger partial charge >= 0.3 is 10.1 Å². The molecule has 1 aromatic heterocycles. The Kier molecular flexibility index (Phi) is 3.12. The van der Waals surface area contributed by atoms with Gasteiger partial charge in [0.05, 0.1) is 5.52 Å². The zero-order valence-electron chi connectivity index (χ0n) is 10.4. The zero-order chi connectivity index (χ0) is 14.0. The van der Waals surface area contributed by atoms with Gasteiger partial charge in [-0.1, -0.05) is 24.3 Å². The van der Waals surface area contributed by atoms with Crippen molar-refractivity contribution in [2.45, 2.75) is 4.90 Å². The number of benzene rings is 2. The van der Waals surface area contributed by atoms with E-state index in [1.807, 2.05) is 0 Å². The number of fused-ring (bicyclic) bond motifs is 1. The lowest BCUT2D eigenvalue weighted by Gasteiger charge is -2.09. The fourth-order valence-electron chi connectivity index (χ4n) is 1.90. The molecule has 0 spiro atoms. The van der Waals surface area contributed by atoms with Crippen molar-refractivity contribution >= 4 is 21.0 Å². The third-order valence-electron chi connectivity index (χ3n) is 2.84. The lowest BCUT2D eigenvalue weighted by Crippen LogP contribution is -2.09. The van der Waals surface area contributed by atoms with Gasteiger partial charge in [0.2, 0.25) is 0 Å². The molecule has 1 heterocycles. The Morgan fingerprint density at radius 2 is 1.65 bits per heavy atom. The lowest BCUT2D eigenvalue weighted by atomic mass is 10.2. The van der Waals surface area contributed by atoms with E-state index < -0.39 is 10.1 Å². The molecule has 0 aliphatic heterocycles. The standard InChI is InChI=1S/C15H11NO3S/c17-20(18,12-6-2-1-3-7-12)19-15-10-4-9-14-13(15)8-5-11-16-14/h1-11H. The molecule has 0 bridgehead atoms. The molecule has 4 nitrogen and oxygen atoms in total. The predicted molar refractivity (Wildman–Crippen MR) is 76.0 cm³/mol. The first-order chi connectivity index (χ1) is 9.67. The fourth-order valence-corrected chi connectivity index (χ4v) is 2.87. The van der Waals surface area contributed by atoms with E-state index in [2.05, 4.69) is 4.98 Å². The molecule has 100 valence electrons. The number of nitrogens with zero attached hydrogens (tertiary/aromatic N) is 1. The minimum atomic E-state index is -3.83. The number of hydrogen-bond donors (Lipinski definition) is 0. The first-order valence-corrected chi connectivity index (χ1v) is 7.41. The highest BCUT2D eigenvalue weighted by molar-refractivity contribution is 7.87. The summed E-state index contributed by atoms with van der Waals surface area (Å²) in [7, 11) is -3.83. The van der Waals surface area contributed by atoms with Crippen molar-refractivity contribution in [1.82, 2.24) is 4.98 Å². The molecule has 0 atom stereocenters. The van der Waals surface area contributed by atoms with E-state index in [0.29, 0.717) is 10.9 Å². The van der Waals surface area contributed by atoms with Crippen molar-refractivity contribution in [3.05, 3.63) is 66.9 Å². The van der Waals surface area contributed by atoms with Crippen LogP contribution in [0.15, 0.2) is 71.8 Å². The van der Waals surface area contributed by atoms with E-state index in [1.54, 1.807) is 54.7 Å². The van der Waals surface area contributed by atoms with Crippen molar-refractivity contribution in [3.63, 3.8) is 0 Å². The van der Waals surface area contributed by atoms with Gasteiger partial charge in [0.15, 0.2) is 5.75 Å². The maximum absolute atomic E-state index is 12.2. The second-order valence-electron chi connectivity index (χ2n) is 4.18. The molecule has 3 rings (SSSR count). The maximum atomic E-state index is 12.2. The summed E-state index contributed by atoms with van der Waals surface area (Å²) in [6, 6.07) is 16.7. The van der Waals surface area contributed by atoms with Crippen molar-refractivity contribution < 1.29 is 12.6 Å². The largest absolute Gasteiger partial charge is 0.378 e. The maximum Gasteiger partial charge on any atom is 0.339 e. The third kappa shape index (κ3) is 2.35. The van der Waals surface area contributed by atoms with Crippen LogP contribution >= 0.6 is 0 Å². The van der Waals surface area contributed by atoms with Crippen LogP contribution < -0.4 is 4.18 Å². The second kappa shape index (κ2) is 4.94. The first-order valence-electron chi connectivity index (χ1n) is 6.00. The van der Waals surface area contributed by atoms with Crippen molar-refractivity contribution in [2.24, 2.45) is 0 Å². The molecule has 0 fully saturated rings. The van der Waals surface area contributed by atoms with Gasteiger partial charge in [-0.05, 0) is 36.4 Å². The molecule has 0 radical (unpaired) electrons. The Morgan fingerprint density at radius 3 is 2.45 bits per heavy atom. The summed E-state index contributed by atoms with van der Waals surface area (Å²) in [5.74, 6) is 0.277. The summed E-state index contributed by atoms with van der Waals surface area (Å²) in [5.41, 5.74) is 0.688. The van der Waals surface area contributed by atoms with Crippen LogP contribution in [0.5, 0.6) is 5.75 Å². The van der Waals surface area contributed by atoms with Gasteiger partial charge < -0.3 is 4.18 Å². The quantitative estimate of drug-likeness (QED) is 0.694. The van der Waals surface area contributed by atoms with E-state index in [-0.39, 0.29) is 10.6 Å². The molecule has 0 unspecified atom stereocenters. The molecule has 0 saturated carbocycles. The summed E-state index contributed by atoms with van der Waals surface area (Å²) >= 11 is 0. The predicted octanol–water partition coefficient (Wildman–Crippen LogP) is 3.00. The topological polar surface area (TPSA) is 56.3 Å². The Balaban J connectivity index is 2.06. The van der Waals surface area contributed by atoms with Crippen molar-refractivity contribution in [1.29, 1.82) is 0 Å². The minimum Gasteiger partial charge on any atom is -0.378 e. The normalized spacial score (nSPS) is 11.4. The third-order valence-corrected chi connectivity index (χ3v) is 4.09. The number of rotatable bonds is 3. The summed E-state index contributed by atoms with van der Waals surface area (Å²) in [6.45, 7) is 0. The van der Waals surface area contributed by atoms with Crippen molar-refractivity contribution in [2.75, 3.05) is 0 Å². The molecular formula is C15H11NO3S. The Hall–Kier alpha value is -2.40. The molecule has 0 aliphatic rings. The first kappa shape index (κ1) is 12.6. The van der Waals surface area contributed by atoms with Gasteiger partial charge in [-0.3, -0.25) is 4.98 Å². The highest BCUT2D eigenvalue weighted by atomic mass is 32.2. The second-order valence-corrected chi connectivity index (χ2v) is 5.72. The monoisotopic (exact) mass is 285 g/mol. The molecule has 0 aliphatic carbocycles. The average molecular weight is 285 g/mol. The molecule has 0 amide bonds. The minimum absolute atomic E-state index is 0.126. The average Bonchev–Trinajstić information content (AvgIpc) is 2.48. The summed E-state index contributed by atoms with van der Waals surface area (Å²) in [4.78, 5) is 4.30. The smallest absolute Gasteiger partial charge is 0.339 e. The van der Waals surface area contributed by atoms with Gasteiger partial charge in [0, 0.05) is 11.6 Å². The molecule has 0 saturated heterocycles. The van der Waals surface area contributed by atoms with Crippen LogP contribution in [0.1, 0.15) is 0 Å². The zero-order valence-corrected chi connectivity index (χ0v) is 11.2. The summed E-state index contributed by atoms with van der Waals surface area (Å²) < 4.78 is 29.6. The SMILES string of the molecule is O=S(=O)(Oc1cccc2ncccc12)c1ccccc1. The molecule has 0 N–H and O–H groups in total. The Labute approximate surface area is 116 Å². The number of hydrogen-bond acceptors (Lipinski definition) is 4. The molecule has 3 aromatic rings. The van der Waals surface area contributed by atoms with Crippen LogP contribution in [0, 0.1) is 0 Å². The van der Waals surface area contributed by atoms with E-state index in [9.17, 15) is 8.42 Å². The van der Waals surface area contributed by atoms with E-state index in [4.69, 9.17) is 4.18 Å². The molecule has 2 aromatic carbocycles. The Morgan fingerprint density at radius 1 is 0.850 bits per heavy atom. The van der Waals surface area contributed by atoms with Crippen molar-refractivity contribution in [3.8, 4) is 5.75 Å². The summed E-state index contributed by atoms with van der Waals surface area (Å²) in [5, 5.41) is 0.662. The number of pyridine rings is 1. The van der Waals surface area contributed by atoms with Crippen LogP contribution in [0.25, 0.3) is 10.9 Å².